The molecule has 1 saturated heterocycles. The van der Waals surface area contributed by atoms with Crippen LogP contribution in [0.3, 0.4) is 0 Å². The maximum Gasteiger partial charge on any atom is 0.270 e. The van der Waals surface area contributed by atoms with Gasteiger partial charge in [-0.25, -0.2) is 15.4 Å². The highest BCUT2D eigenvalue weighted by Crippen LogP contribution is 2.37. The minimum absolute atomic E-state index is 0.0528. The largest absolute Gasteiger partial charge is 0.447 e. The van der Waals surface area contributed by atoms with Crippen molar-refractivity contribution in [3.63, 3.8) is 0 Å². The third-order valence-corrected chi connectivity index (χ3v) is 5.27. The first-order valence-corrected chi connectivity index (χ1v) is 8.72. The molecule has 134 valence electrons. The molecule has 4 atom stereocenters. The number of carbonyl (C=O) groups is 1. The van der Waals surface area contributed by atoms with E-state index >= 15 is 0 Å². The SMILES string of the molecule is Cc1cc(C#N)cnc1C(=O)NC1CCC2NNC(c3cnco3)C2C1. The first kappa shape index (κ1) is 16.7. The lowest BCUT2D eigenvalue weighted by molar-refractivity contribution is 0.0908. The summed E-state index contributed by atoms with van der Waals surface area (Å²) in [5, 5.41) is 12.0. The summed E-state index contributed by atoms with van der Waals surface area (Å²) < 4.78 is 5.45. The lowest BCUT2D eigenvalue weighted by atomic mass is 9.78. The van der Waals surface area contributed by atoms with Gasteiger partial charge in [0.1, 0.15) is 17.5 Å². The van der Waals surface area contributed by atoms with E-state index in [4.69, 9.17) is 9.68 Å². The van der Waals surface area contributed by atoms with E-state index in [0.29, 0.717) is 28.8 Å². The molecule has 2 aliphatic rings. The summed E-state index contributed by atoms with van der Waals surface area (Å²) in [4.78, 5) is 20.8. The third kappa shape index (κ3) is 3.07. The summed E-state index contributed by atoms with van der Waals surface area (Å²) in [5.41, 5.74) is 8.16. The number of nitrogens with one attached hydrogen (secondary N) is 3. The van der Waals surface area contributed by atoms with Gasteiger partial charge in [0.05, 0.1) is 17.8 Å². The Morgan fingerprint density at radius 2 is 2.27 bits per heavy atom. The third-order valence-electron chi connectivity index (χ3n) is 5.27. The van der Waals surface area contributed by atoms with Gasteiger partial charge in [-0.2, -0.15) is 5.26 Å². The summed E-state index contributed by atoms with van der Waals surface area (Å²) in [6.45, 7) is 1.80. The average Bonchev–Trinajstić information content (AvgIpc) is 3.30. The van der Waals surface area contributed by atoms with Crippen molar-refractivity contribution in [1.82, 2.24) is 26.1 Å². The predicted octanol–water partition coefficient (Wildman–Crippen LogP) is 1.37. The molecular weight excluding hydrogens is 332 g/mol. The number of amides is 1. The van der Waals surface area contributed by atoms with Crippen LogP contribution in [0.5, 0.6) is 0 Å². The Kier molecular flexibility index (Phi) is 4.41. The van der Waals surface area contributed by atoms with Gasteiger partial charge in [0, 0.05) is 24.2 Å². The summed E-state index contributed by atoms with van der Waals surface area (Å²) in [6.07, 6.45) is 7.31. The van der Waals surface area contributed by atoms with E-state index in [1.165, 1.54) is 12.6 Å². The monoisotopic (exact) mass is 352 g/mol. The van der Waals surface area contributed by atoms with E-state index in [1.54, 1.807) is 19.2 Å². The van der Waals surface area contributed by atoms with Crippen molar-refractivity contribution in [2.45, 2.75) is 44.3 Å². The number of nitrogens with zero attached hydrogens (tertiary/aromatic N) is 3. The number of oxazole rings is 1. The fraction of sp³-hybridized carbons (Fsp3) is 0.444. The van der Waals surface area contributed by atoms with E-state index < -0.39 is 0 Å². The van der Waals surface area contributed by atoms with E-state index in [-0.39, 0.29) is 18.0 Å². The van der Waals surface area contributed by atoms with Crippen LogP contribution in [0, 0.1) is 24.2 Å². The van der Waals surface area contributed by atoms with Gasteiger partial charge < -0.3 is 9.73 Å². The van der Waals surface area contributed by atoms with Gasteiger partial charge in [-0.15, -0.1) is 0 Å². The molecule has 1 amide bonds. The van der Waals surface area contributed by atoms with Gasteiger partial charge in [0.2, 0.25) is 0 Å². The quantitative estimate of drug-likeness (QED) is 0.764. The molecule has 0 radical (unpaired) electrons. The van der Waals surface area contributed by atoms with Crippen LogP contribution < -0.4 is 16.2 Å². The number of fused-ring (bicyclic) bond motifs is 1. The Morgan fingerprint density at radius 1 is 1.38 bits per heavy atom. The highest BCUT2D eigenvalue weighted by Gasteiger charge is 2.42. The zero-order valence-electron chi connectivity index (χ0n) is 14.4. The Bertz CT molecular complexity index is 844. The number of rotatable bonds is 3. The Balaban J connectivity index is 1.44. The maximum absolute atomic E-state index is 12.6. The van der Waals surface area contributed by atoms with E-state index in [0.717, 1.165) is 25.0 Å². The fourth-order valence-electron chi connectivity index (χ4n) is 3.98. The molecule has 4 unspecified atom stereocenters. The van der Waals surface area contributed by atoms with Gasteiger partial charge in [-0.05, 0) is 37.8 Å². The smallest absolute Gasteiger partial charge is 0.270 e. The maximum atomic E-state index is 12.6. The second kappa shape index (κ2) is 6.86. The zero-order chi connectivity index (χ0) is 18.1. The molecule has 2 aromatic heterocycles. The fourth-order valence-corrected chi connectivity index (χ4v) is 3.98. The van der Waals surface area contributed by atoms with E-state index in [9.17, 15) is 4.79 Å². The van der Waals surface area contributed by atoms with Crippen LogP contribution in [0.2, 0.25) is 0 Å². The molecule has 1 aliphatic heterocycles. The molecule has 1 saturated carbocycles. The molecule has 0 spiro atoms. The molecule has 3 N–H and O–H groups in total. The molecule has 4 rings (SSSR count). The van der Waals surface area contributed by atoms with Crippen LogP contribution in [0.15, 0.2) is 29.3 Å². The van der Waals surface area contributed by atoms with Crippen molar-refractivity contribution < 1.29 is 9.21 Å². The number of aromatic nitrogens is 2. The molecule has 3 heterocycles. The second-order valence-electron chi connectivity index (χ2n) is 6.93. The zero-order valence-corrected chi connectivity index (χ0v) is 14.4. The molecule has 0 bridgehead atoms. The number of aryl methyl sites for hydroxylation is 1. The number of pyridine rings is 1. The highest BCUT2D eigenvalue weighted by atomic mass is 16.3. The van der Waals surface area contributed by atoms with Crippen LogP contribution >= 0.6 is 0 Å². The summed E-state index contributed by atoms with van der Waals surface area (Å²) in [6, 6.07) is 4.20. The summed E-state index contributed by atoms with van der Waals surface area (Å²) >= 11 is 0. The van der Waals surface area contributed by atoms with Crippen LogP contribution in [0.25, 0.3) is 0 Å². The number of hydrogen-bond acceptors (Lipinski definition) is 7. The molecule has 2 fully saturated rings. The first-order chi connectivity index (χ1) is 12.7. The highest BCUT2D eigenvalue weighted by molar-refractivity contribution is 5.93. The minimum atomic E-state index is -0.189. The molecular formula is C18H20N6O2. The van der Waals surface area contributed by atoms with Crippen LogP contribution in [0.1, 0.15) is 52.7 Å². The van der Waals surface area contributed by atoms with Crippen LogP contribution in [-0.2, 0) is 0 Å². The molecule has 2 aromatic rings. The van der Waals surface area contributed by atoms with Crippen molar-refractivity contribution >= 4 is 5.91 Å². The molecule has 0 aromatic carbocycles. The van der Waals surface area contributed by atoms with Gasteiger partial charge >= 0.3 is 0 Å². The standard InChI is InChI=1S/C18H20N6O2/c1-10-4-11(6-19)7-21-16(10)18(25)22-12-2-3-14-13(5-12)17(24-23-14)15-8-20-9-26-15/h4,7-9,12-14,17,23-24H,2-3,5H2,1H3,(H,22,25). The normalized spacial score (nSPS) is 27.5. The lowest BCUT2D eigenvalue weighted by Gasteiger charge is -2.33. The van der Waals surface area contributed by atoms with Gasteiger partial charge in [0.15, 0.2) is 6.39 Å². The van der Waals surface area contributed by atoms with Crippen molar-refractivity contribution in [3.8, 4) is 6.07 Å². The second-order valence-corrected chi connectivity index (χ2v) is 6.93. The Labute approximate surface area is 151 Å². The number of nitriles is 1. The molecule has 8 heteroatoms. The number of carbonyl (C=O) groups excluding carboxylic acids is 1. The molecule has 1 aliphatic carbocycles. The van der Waals surface area contributed by atoms with Crippen LogP contribution in [0.4, 0.5) is 0 Å². The van der Waals surface area contributed by atoms with E-state index in [2.05, 4.69) is 26.1 Å². The lowest BCUT2D eigenvalue weighted by Crippen LogP contribution is -2.44. The van der Waals surface area contributed by atoms with Crippen LogP contribution in [-0.4, -0.2) is 28.0 Å². The van der Waals surface area contributed by atoms with Gasteiger partial charge in [-0.1, -0.05) is 0 Å². The van der Waals surface area contributed by atoms with Crippen molar-refractivity contribution in [1.29, 1.82) is 5.26 Å². The number of hydrazine groups is 1. The summed E-state index contributed by atoms with van der Waals surface area (Å²) in [7, 11) is 0. The van der Waals surface area contributed by atoms with Crippen molar-refractivity contribution in [2.24, 2.45) is 5.92 Å². The predicted molar refractivity (Wildman–Crippen MR) is 91.6 cm³/mol. The van der Waals surface area contributed by atoms with Gasteiger partial charge in [0.25, 0.3) is 5.91 Å². The van der Waals surface area contributed by atoms with Crippen molar-refractivity contribution in [2.75, 3.05) is 0 Å². The number of hydrogen-bond donors (Lipinski definition) is 3. The average molecular weight is 352 g/mol. The van der Waals surface area contributed by atoms with Crippen molar-refractivity contribution in [3.05, 3.63) is 47.4 Å². The Morgan fingerprint density at radius 3 is 3.00 bits per heavy atom. The van der Waals surface area contributed by atoms with Gasteiger partial charge in [-0.3, -0.25) is 10.2 Å². The molecule has 26 heavy (non-hydrogen) atoms. The topological polar surface area (TPSA) is 116 Å². The minimum Gasteiger partial charge on any atom is -0.447 e. The Hall–Kier alpha value is -2.76. The van der Waals surface area contributed by atoms with E-state index in [1.807, 2.05) is 6.07 Å². The summed E-state index contributed by atoms with van der Waals surface area (Å²) in [5.74, 6) is 0.934. The first-order valence-electron chi connectivity index (χ1n) is 8.72. The molecule has 8 nitrogen and oxygen atoms in total.